The summed E-state index contributed by atoms with van der Waals surface area (Å²) in [5, 5.41) is 12.3. The van der Waals surface area contributed by atoms with Gasteiger partial charge in [0, 0.05) is 13.1 Å². The molecular formula is C19H21N5O. The first kappa shape index (κ1) is 15.6. The number of ether oxygens (including phenoxy) is 1. The molecule has 0 saturated heterocycles. The smallest absolute Gasteiger partial charge is 0.250 e. The second kappa shape index (κ2) is 6.93. The van der Waals surface area contributed by atoms with Crippen LogP contribution in [0.1, 0.15) is 24.5 Å². The molecule has 1 aromatic heterocycles. The van der Waals surface area contributed by atoms with Crippen LogP contribution >= 0.6 is 0 Å². The summed E-state index contributed by atoms with van der Waals surface area (Å²) < 4.78 is 7.54. The van der Waals surface area contributed by atoms with E-state index >= 15 is 0 Å². The van der Waals surface area contributed by atoms with Crippen LogP contribution in [0.25, 0.3) is 5.69 Å². The predicted molar refractivity (Wildman–Crippen MR) is 96.1 cm³/mol. The van der Waals surface area contributed by atoms with Gasteiger partial charge >= 0.3 is 0 Å². The van der Waals surface area contributed by atoms with Crippen molar-refractivity contribution in [3.63, 3.8) is 0 Å². The molecule has 0 atom stereocenters. The molecule has 6 heteroatoms. The molecule has 2 heterocycles. The maximum atomic E-state index is 5.75. The number of anilines is 1. The van der Waals surface area contributed by atoms with Crippen molar-refractivity contribution >= 4 is 5.95 Å². The van der Waals surface area contributed by atoms with Gasteiger partial charge in [0.1, 0.15) is 5.75 Å². The Kier molecular flexibility index (Phi) is 4.33. The van der Waals surface area contributed by atoms with Crippen LogP contribution in [0.2, 0.25) is 0 Å². The molecule has 25 heavy (non-hydrogen) atoms. The van der Waals surface area contributed by atoms with Gasteiger partial charge in [0.25, 0.3) is 5.95 Å². The summed E-state index contributed by atoms with van der Waals surface area (Å²) in [7, 11) is 0. The average molecular weight is 335 g/mol. The molecule has 0 saturated carbocycles. The van der Waals surface area contributed by atoms with Crippen molar-refractivity contribution in [2.75, 3.05) is 18.1 Å². The first-order valence-corrected chi connectivity index (χ1v) is 8.68. The molecule has 128 valence electrons. The van der Waals surface area contributed by atoms with Gasteiger partial charge in [-0.05, 0) is 58.7 Å². The summed E-state index contributed by atoms with van der Waals surface area (Å²) >= 11 is 0. The molecule has 4 rings (SSSR count). The van der Waals surface area contributed by atoms with E-state index in [-0.39, 0.29) is 0 Å². The largest absolute Gasteiger partial charge is 0.494 e. The van der Waals surface area contributed by atoms with E-state index in [0.29, 0.717) is 0 Å². The topological polar surface area (TPSA) is 56.1 Å². The van der Waals surface area contributed by atoms with E-state index in [1.165, 1.54) is 11.1 Å². The fourth-order valence-electron chi connectivity index (χ4n) is 3.13. The molecule has 3 aromatic rings. The quantitative estimate of drug-likeness (QED) is 0.717. The summed E-state index contributed by atoms with van der Waals surface area (Å²) in [5.41, 5.74) is 3.62. The highest BCUT2D eigenvalue weighted by atomic mass is 16.5. The van der Waals surface area contributed by atoms with Crippen LogP contribution in [0.15, 0.2) is 48.5 Å². The maximum absolute atomic E-state index is 5.75. The highest BCUT2D eigenvalue weighted by Gasteiger charge is 2.22. The zero-order valence-corrected chi connectivity index (χ0v) is 14.3. The number of rotatable bonds is 5. The molecule has 2 aromatic carbocycles. The summed E-state index contributed by atoms with van der Waals surface area (Å²) in [6.45, 7) is 4.57. The third kappa shape index (κ3) is 3.20. The van der Waals surface area contributed by atoms with Crippen LogP contribution < -0.4 is 9.64 Å². The van der Waals surface area contributed by atoms with E-state index in [1.54, 1.807) is 4.68 Å². The molecule has 1 aliphatic rings. The first-order valence-electron chi connectivity index (χ1n) is 8.68. The van der Waals surface area contributed by atoms with Gasteiger partial charge in [-0.3, -0.25) is 0 Å². The number of benzene rings is 2. The lowest BCUT2D eigenvalue weighted by molar-refractivity contribution is 0.317. The Morgan fingerprint density at radius 1 is 1.08 bits per heavy atom. The third-order valence-corrected chi connectivity index (χ3v) is 4.40. The molecule has 0 fully saturated rings. The van der Waals surface area contributed by atoms with Gasteiger partial charge < -0.3 is 9.64 Å². The lowest BCUT2D eigenvalue weighted by Gasteiger charge is -2.29. The Morgan fingerprint density at radius 2 is 1.96 bits per heavy atom. The molecule has 1 aliphatic heterocycles. The predicted octanol–water partition coefficient (Wildman–Crippen LogP) is 3.01. The standard InChI is InChI=1S/C19H21N5O/c1-2-12-25-18-9-8-16-14-23(11-10-15(16)13-18)19-20-21-22-24(19)17-6-4-3-5-7-17/h3-9,13H,2,10-12,14H2,1H3. The molecule has 0 N–H and O–H groups in total. The average Bonchev–Trinajstić information content (AvgIpc) is 3.16. The second-order valence-corrected chi connectivity index (χ2v) is 6.18. The molecular weight excluding hydrogens is 314 g/mol. The van der Waals surface area contributed by atoms with Crippen molar-refractivity contribution in [2.24, 2.45) is 0 Å². The van der Waals surface area contributed by atoms with Gasteiger partial charge in [-0.25, -0.2) is 0 Å². The Balaban J connectivity index is 1.57. The lowest BCUT2D eigenvalue weighted by atomic mass is 10.00. The minimum absolute atomic E-state index is 0.761. The van der Waals surface area contributed by atoms with Gasteiger partial charge in [-0.15, -0.1) is 0 Å². The molecule has 0 amide bonds. The normalized spacial score (nSPS) is 13.6. The first-order chi connectivity index (χ1) is 12.3. The van der Waals surface area contributed by atoms with Crippen LogP contribution in [0.4, 0.5) is 5.95 Å². The number of hydrogen-bond acceptors (Lipinski definition) is 5. The van der Waals surface area contributed by atoms with Crippen LogP contribution in [-0.4, -0.2) is 33.4 Å². The van der Waals surface area contributed by atoms with Gasteiger partial charge in [0.2, 0.25) is 0 Å². The monoisotopic (exact) mass is 335 g/mol. The maximum Gasteiger partial charge on any atom is 0.250 e. The highest BCUT2D eigenvalue weighted by molar-refractivity contribution is 5.46. The van der Waals surface area contributed by atoms with Crippen molar-refractivity contribution < 1.29 is 4.74 Å². The Bertz CT molecular complexity index is 846. The van der Waals surface area contributed by atoms with Crippen molar-refractivity contribution in [2.45, 2.75) is 26.3 Å². The van der Waals surface area contributed by atoms with Crippen LogP contribution in [0, 0.1) is 0 Å². The van der Waals surface area contributed by atoms with Crippen molar-refractivity contribution in [1.29, 1.82) is 0 Å². The van der Waals surface area contributed by atoms with Crippen LogP contribution in [-0.2, 0) is 13.0 Å². The number of tetrazole rings is 1. The minimum atomic E-state index is 0.761. The summed E-state index contributed by atoms with van der Waals surface area (Å²) in [4.78, 5) is 2.22. The summed E-state index contributed by atoms with van der Waals surface area (Å²) in [6.07, 6.45) is 1.98. The van der Waals surface area contributed by atoms with E-state index < -0.39 is 0 Å². The molecule has 0 spiro atoms. The summed E-state index contributed by atoms with van der Waals surface area (Å²) in [6, 6.07) is 16.4. The fraction of sp³-hybridized carbons (Fsp3) is 0.316. The second-order valence-electron chi connectivity index (χ2n) is 6.18. The SMILES string of the molecule is CCCOc1ccc2c(c1)CCN(c1nnnn1-c1ccccc1)C2. The molecule has 0 bridgehead atoms. The number of para-hydroxylation sites is 1. The van der Waals surface area contributed by atoms with E-state index in [0.717, 1.165) is 49.9 Å². The van der Waals surface area contributed by atoms with Crippen molar-refractivity contribution in [3.8, 4) is 11.4 Å². The van der Waals surface area contributed by atoms with Gasteiger partial charge in [-0.2, -0.15) is 4.68 Å². The van der Waals surface area contributed by atoms with Crippen LogP contribution in [0.5, 0.6) is 5.75 Å². The summed E-state index contributed by atoms with van der Waals surface area (Å²) in [5.74, 6) is 1.74. The van der Waals surface area contributed by atoms with Crippen LogP contribution in [0.3, 0.4) is 0 Å². The van der Waals surface area contributed by atoms with E-state index in [9.17, 15) is 0 Å². The number of fused-ring (bicyclic) bond motifs is 1. The number of hydrogen-bond donors (Lipinski definition) is 0. The highest BCUT2D eigenvalue weighted by Crippen LogP contribution is 2.27. The zero-order valence-electron chi connectivity index (χ0n) is 14.3. The molecule has 0 unspecified atom stereocenters. The van der Waals surface area contributed by atoms with Gasteiger partial charge in [0.05, 0.1) is 12.3 Å². The van der Waals surface area contributed by atoms with Gasteiger partial charge in [0.15, 0.2) is 0 Å². The Morgan fingerprint density at radius 3 is 2.80 bits per heavy atom. The minimum Gasteiger partial charge on any atom is -0.494 e. The number of nitrogens with zero attached hydrogens (tertiary/aromatic N) is 5. The third-order valence-electron chi connectivity index (χ3n) is 4.40. The molecule has 0 aliphatic carbocycles. The Hall–Kier alpha value is -2.89. The van der Waals surface area contributed by atoms with E-state index in [4.69, 9.17) is 4.74 Å². The Labute approximate surface area is 147 Å². The van der Waals surface area contributed by atoms with Crippen molar-refractivity contribution in [3.05, 3.63) is 59.7 Å². The fourth-order valence-corrected chi connectivity index (χ4v) is 3.13. The van der Waals surface area contributed by atoms with E-state index in [2.05, 4.69) is 45.5 Å². The van der Waals surface area contributed by atoms with Crippen molar-refractivity contribution in [1.82, 2.24) is 20.2 Å². The molecule has 6 nitrogen and oxygen atoms in total. The zero-order chi connectivity index (χ0) is 17.1. The number of aromatic nitrogens is 4. The van der Waals surface area contributed by atoms with E-state index in [1.807, 2.05) is 30.3 Å². The lowest BCUT2D eigenvalue weighted by Crippen LogP contribution is -2.32. The van der Waals surface area contributed by atoms with Gasteiger partial charge in [-0.1, -0.05) is 36.3 Å². The molecule has 0 radical (unpaired) electrons.